The van der Waals surface area contributed by atoms with Gasteiger partial charge in [-0.2, -0.15) is 0 Å². The van der Waals surface area contributed by atoms with Crippen molar-refractivity contribution in [1.82, 2.24) is 5.32 Å². The van der Waals surface area contributed by atoms with Crippen molar-refractivity contribution in [2.45, 2.75) is 25.0 Å². The number of anilines is 1. The van der Waals surface area contributed by atoms with Gasteiger partial charge in [0.15, 0.2) is 6.10 Å². The van der Waals surface area contributed by atoms with E-state index in [1.807, 2.05) is 0 Å². The highest BCUT2D eigenvalue weighted by molar-refractivity contribution is 6.35. The highest BCUT2D eigenvalue weighted by atomic mass is 35.5. The first-order valence-electron chi connectivity index (χ1n) is 6.33. The van der Waals surface area contributed by atoms with Gasteiger partial charge in [-0.1, -0.05) is 23.2 Å². The largest absolute Gasteiger partial charge is 0.479 e. The monoisotopic (exact) mass is 332 g/mol. The van der Waals surface area contributed by atoms with Gasteiger partial charge in [0.05, 0.1) is 6.10 Å². The molecule has 2 unspecified atom stereocenters. The number of aliphatic carboxylic acids is 1. The molecule has 3 N–H and O–H groups in total. The van der Waals surface area contributed by atoms with Crippen molar-refractivity contribution < 1.29 is 19.4 Å². The maximum absolute atomic E-state index is 11.7. The molecule has 1 aliphatic heterocycles. The minimum absolute atomic E-state index is 0.240. The molecule has 0 spiro atoms. The number of rotatable bonds is 4. The van der Waals surface area contributed by atoms with Crippen LogP contribution in [0.4, 0.5) is 10.5 Å². The summed E-state index contributed by atoms with van der Waals surface area (Å²) in [5.74, 6) is -0.976. The van der Waals surface area contributed by atoms with Crippen molar-refractivity contribution in [2.75, 3.05) is 11.9 Å². The second kappa shape index (κ2) is 6.98. The van der Waals surface area contributed by atoms with Gasteiger partial charge in [-0.15, -0.1) is 0 Å². The van der Waals surface area contributed by atoms with Crippen LogP contribution in [0.15, 0.2) is 18.2 Å². The normalized spacial score (nSPS) is 21.0. The Labute approximate surface area is 131 Å². The predicted molar refractivity (Wildman–Crippen MR) is 79.0 cm³/mol. The van der Waals surface area contributed by atoms with E-state index in [2.05, 4.69) is 10.6 Å². The summed E-state index contributed by atoms with van der Waals surface area (Å²) in [5.41, 5.74) is 0.473. The average Bonchev–Trinajstić information content (AvgIpc) is 2.84. The molecule has 1 aromatic carbocycles. The smallest absolute Gasteiger partial charge is 0.332 e. The van der Waals surface area contributed by atoms with Crippen LogP contribution in [-0.4, -0.2) is 35.9 Å². The van der Waals surface area contributed by atoms with E-state index in [1.165, 1.54) is 0 Å². The van der Waals surface area contributed by atoms with Crippen LogP contribution in [0.5, 0.6) is 0 Å². The molecule has 114 valence electrons. The van der Waals surface area contributed by atoms with Crippen molar-refractivity contribution in [2.24, 2.45) is 0 Å². The molecule has 1 heterocycles. The zero-order valence-electron chi connectivity index (χ0n) is 10.9. The van der Waals surface area contributed by atoms with E-state index in [9.17, 15) is 9.59 Å². The van der Waals surface area contributed by atoms with Gasteiger partial charge in [0.25, 0.3) is 0 Å². The van der Waals surface area contributed by atoms with E-state index in [4.69, 9.17) is 33.0 Å². The van der Waals surface area contributed by atoms with Gasteiger partial charge in [0, 0.05) is 22.3 Å². The Bertz CT molecular complexity index is 533. The summed E-state index contributed by atoms with van der Waals surface area (Å²) in [7, 11) is 0. The predicted octanol–water partition coefficient (Wildman–Crippen LogP) is 2.75. The first-order chi connectivity index (χ1) is 9.94. The van der Waals surface area contributed by atoms with E-state index < -0.39 is 18.1 Å². The lowest BCUT2D eigenvalue weighted by Crippen LogP contribution is -2.35. The Morgan fingerprint density at radius 1 is 1.24 bits per heavy atom. The molecule has 2 atom stereocenters. The third kappa shape index (κ3) is 4.77. The van der Waals surface area contributed by atoms with E-state index in [0.717, 1.165) is 0 Å². The number of halogens is 2. The lowest BCUT2D eigenvalue weighted by Gasteiger charge is -2.13. The molecule has 0 radical (unpaired) electrons. The number of urea groups is 1. The molecule has 2 rings (SSSR count). The molecule has 1 aliphatic rings. The minimum atomic E-state index is -0.976. The quantitative estimate of drug-likeness (QED) is 0.791. The molecule has 6 nitrogen and oxygen atoms in total. The number of amides is 2. The SMILES string of the molecule is O=C(NCC1CCC(C(=O)O)O1)Nc1cc(Cl)cc(Cl)c1. The summed E-state index contributed by atoms with van der Waals surface area (Å²) in [6, 6.07) is 4.26. The number of benzene rings is 1. The number of carboxylic acid groups (broad SMARTS) is 1. The fraction of sp³-hybridized carbons (Fsp3) is 0.385. The maximum atomic E-state index is 11.7. The summed E-state index contributed by atoms with van der Waals surface area (Å²) in [4.78, 5) is 22.5. The standard InChI is InChI=1S/C13H14Cl2N2O4/c14-7-3-8(15)5-9(4-7)17-13(20)16-6-10-1-2-11(21-10)12(18)19/h3-5,10-11H,1-2,6H2,(H,18,19)(H2,16,17,20). The zero-order chi connectivity index (χ0) is 15.4. The fourth-order valence-electron chi connectivity index (χ4n) is 2.05. The van der Waals surface area contributed by atoms with Gasteiger partial charge in [-0.3, -0.25) is 0 Å². The topological polar surface area (TPSA) is 87.7 Å². The van der Waals surface area contributed by atoms with Gasteiger partial charge >= 0.3 is 12.0 Å². The number of carboxylic acids is 1. The fourth-order valence-corrected chi connectivity index (χ4v) is 2.57. The van der Waals surface area contributed by atoms with Crippen LogP contribution in [0.1, 0.15) is 12.8 Å². The molecule has 0 saturated carbocycles. The Morgan fingerprint density at radius 3 is 2.48 bits per heavy atom. The molecule has 1 fully saturated rings. The molecule has 21 heavy (non-hydrogen) atoms. The second-order valence-electron chi connectivity index (χ2n) is 4.66. The second-order valence-corrected chi connectivity index (χ2v) is 5.53. The number of carbonyl (C=O) groups excluding carboxylic acids is 1. The molecule has 0 aromatic heterocycles. The van der Waals surface area contributed by atoms with Crippen LogP contribution in [0.3, 0.4) is 0 Å². The lowest BCUT2D eigenvalue weighted by atomic mass is 10.2. The third-order valence-corrected chi connectivity index (χ3v) is 3.43. The maximum Gasteiger partial charge on any atom is 0.332 e. The first kappa shape index (κ1) is 15.9. The Kier molecular flexibility index (Phi) is 5.27. The number of carbonyl (C=O) groups is 2. The van der Waals surface area contributed by atoms with Crippen molar-refractivity contribution in [1.29, 1.82) is 0 Å². The van der Waals surface area contributed by atoms with Crippen LogP contribution >= 0.6 is 23.2 Å². The summed E-state index contributed by atoms with van der Waals surface area (Å²) in [6.07, 6.45) is -0.0284. The summed E-state index contributed by atoms with van der Waals surface area (Å²) < 4.78 is 5.28. The number of ether oxygens (including phenoxy) is 1. The molecule has 2 amide bonds. The average molecular weight is 333 g/mol. The van der Waals surface area contributed by atoms with Crippen LogP contribution in [0.2, 0.25) is 10.0 Å². The molecular formula is C13H14Cl2N2O4. The van der Waals surface area contributed by atoms with E-state index in [0.29, 0.717) is 28.6 Å². The van der Waals surface area contributed by atoms with Gasteiger partial charge in [-0.05, 0) is 31.0 Å². The van der Waals surface area contributed by atoms with E-state index in [-0.39, 0.29) is 12.6 Å². The molecular weight excluding hydrogens is 319 g/mol. The van der Waals surface area contributed by atoms with Crippen LogP contribution in [-0.2, 0) is 9.53 Å². The van der Waals surface area contributed by atoms with Crippen molar-refractivity contribution in [3.05, 3.63) is 28.2 Å². The summed E-state index contributed by atoms with van der Waals surface area (Å²) in [5, 5.41) is 14.8. The summed E-state index contributed by atoms with van der Waals surface area (Å²) >= 11 is 11.7. The van der Waals surface area contributed by atoms with Crippen molar-refractivity contribution in [3.63, 3.8) is 0 Å². The van der Waals surface area contributed by atoms with Gasteiger partial charge in [-0.25, -0.2) is 9.59 Å². The molecule has 1 saturated heterocycles. The van der Waals surface area contributed by atoms with Crippen LogP contribution in [0, 0.1) is 0 Å². The first-order valence-corrected chi connectivity index (χ1v) is 7.09. The van der Waals surface area contributed by atoms with E-state index in [1.54, 1.807) is 18.2 Å². The number of nitrogens with one attached hydrogen (secondary N) is 2. The van der Waals surface area contributed by atoms with Gasteiger partial charge in [0.2, 0.25) is 0 Å². The van der Waals surface area contributed by atoms with Gasteiger partial charge < -0.3 is 20.5 Å². The number of hydrogen-bond acceptors (Lipinski definition) is 3. The highest BCUT2D eigenvalue weighted by Gasteiger charge is 2.30. The Balaban J connectivity index is 1.79. The summed E-state index contributed by atoms with van der Waals surface area (Å²) in [6.45, 7) is 0.240. The Morgan fingerprint density at radius 2 is 1.90 bits per heavy atom. The number of hydrogen-bond donors (Lipinski definition) is 3. The van der Waals surface area contributed by atoms with Gasteiger partial charge in [0.1, 0.15) is 0 Å². The van der Waals surface area contributed by atoms with E-state index >= 15 is 0 Å². The third-order valence-electron chi connectivity index (χ3n) is 2.99. The molecule has 0 aliphatic carbocycles. The highest BCUT2D eigenvalue weighted by Crippen LogP contribution is 2.22. The zero-order valence-corrected chi connectivity index (χ0v) is 12.4. The van der Waals surface area contributed by atoms with Crippen LogP contribution < -0.4 is 10.6 Å². The minimum Gasteiger partial charge on any atom is -0.479 e. The molecule has 1 aromatic rings. The lowest BCUT2D eigenvalue weighted by molar-refractivity contribution is -0.149. The Hall–Kier alpha value is -1.50. The van der Waals surface area contributed by atoms with Crippen molar-refractivity contribution >= 4 is 40.9 Å². The van der Waals surface area contributed by atoms with Crippen molar-refractivity contribution in [3.8, 4) is 0 Å². The molecule has 8 heteroatoms. The molecule has 0 bridgehead atoms. The van der Waals surface area contributed by atoms with Crippen LogP contribution in [0.25, 0.3) is 0 Å².